The molecular formula is C12H14N4O4. The number of aliphatic carboxylic acids is 1. The van der Waals surface area contributed by atoms with Gasteiger partial charge in [-0.15, -0.1) is 0 Å². The van der Waals surface area contributed by atoms with E-state index in [0.29, 0.717) is 18.5 Å². The van der Waals surface area contributed by atoms with Crippen LogP contribution in [0, 0.1) is 0 Å². The van der Waals surface area contributed by atoms with Crippen LogP contribution in [-0.2, 0) is 27.3 Å². The molecule has 0 aliphatic carbocycles. The summed E-state index contributed by atoms with van der Waals surface area (Å²) in [5.41, 5.74) is 1.43. The van der Waals surface area contributed by atoms with Crippen molar-refractivity contribution in [2.75, 3.05) is 0 Å². The van der Waals surface area contributed by atoms with E-state index >= 15 is 0 Å². The normalized spacial score (nSPS) is 25.2. The fourth-order valence-corrected chi connectivity index (χ4v) is 2.69. The molecule has 3 N–H and O–H groups in total. The van der Waals surface area contributed by atoms with Gasteiger partial charge in [-0.2, -0.15) is 0 Å². The van der Waals surface area contributed by atoms with Gasteiger partial charge in [0.05, 0.1) is 24.3 Å². The van der Waals surface area contributed by atoms with E-state index in [4.69, 9.17) is 0 Å². The standard InChI is InChI=1S/C12H14N4O4/c17-10-2-1-6(15-10)11(18)16-4-8-7(13-5-14-8)3-9(16)12(19)20/h5-6,9H,1-4H2,(H,13,14)(H,15,17)(H,19,20). The fourth-order valence-electron chi connectivity index (χ4n) is 2.69. The van der Waals surface area contributed by atoms with Crippen LogP contribution in [0.3, 0.4) is 0 Å². The van der Waals surface area contributed by atoms with Gasteiger partial charge in [0.25, 0.3) is 0 Å². The van der Waals surface area contributed by atoms with Crippen molar-refractivity contribution in [1.29, 1.82) is 0 Å². The minimum absolute atomic E-state index is 0.172. The predicted molar refractivity (Wildman–Crippen MR) is 65.4 cm³/mol. The number of carbonyl (C=O) groups is 3. The number of amides is 2. The lowest BCUT2D eigenvalue weighted by atomic mass is 10.0. The number of imidazole rings is 1. The number of hydrogen-bond acceptors (Lipinski definition) is 4. The molecule has 2 atom stereocenters. The molecule has 106 valence electrons. The smallest absolute Gasteiger partial charge is 0.326 e. The minimum Gasteiger partial charge on any atom is -0.480 e. The van der Waals surface area contributed by atoms with E-state index in [0.717, 1.165) is 5.69 Å². The van der Waals surface area contributed by atoms with Crippen LogP contribution >= 0.6 is 0 Å². The molecule has 2 unspecified atom stereocenters. The second kappa shape index (κ2) is 4.62. The van der Waals surface area contributed by atoms with Gasteiger partial charge in [0.15, 0.2) is 0 Å². The summed E-state index contributed by atoms with van der Waals surface area (Å²) in [6, 6.07) is -1.55. The molecule has 3 heterocycles. The van der Waals surface area contributed by atoms with Gasteiger partial charge >= 0.3 is 5.97 Å². The number of carbonyl (C=O) groups excluding carboxylic acids is 2. The fraction of sp³-hybridized carbons (Fsp3) is 0.500. The van der Waals surface area contributed by atoms with Crippen LogP contribution in [0.4, 0.5) is 0 Å². The topological polar surface area (TPSA) is 115 Å². The van der Waals surface area contributed by atoms with Gasteiger partial charge in [-0.05, 0) is 6.42 Å². The van der Waals surface area contributed by atoms with Crippen LogP contribution in [-0.4, -0.2) is 49.8 Å². The predicted octanol–water partition coefficient (Wildman–Crippen LogP) is -0.974. The first kappa shape index (κ1) is 12.6. The van der Waals surface area contributed by atoms with E-state index in [1.54, 1.807) is 0 Å². The molecule has 3 rings (SSSR count). The van der Waals surface area contributed by atoms with Gasteiger partial charge in [0, 0.05) is 12.8 Å². The van der Waals surface area contributed by atoms with E-state index in [-0.39, 0.29) is 24.8 Å². The van der Waals surface area contributed by atoms with Crippen molar-refractivity contribution < 1.29 is 19.5 Å². The van der Waals surface area contributed by atoms with E-state index < -0.39 is 18.1 Å². The molecule has 0 radical (unpaired) electrons. The zero-order chi connectivity index (χ0) is 14.3. The molecule has 8 heteroatoms. The molecule has 0 bridgehead atoms. The lowest BCUT2D eigenvalue weighted by Crippen LogP contribution is -2.54. The molecule has 1 aromatic rings. The Morgan fingerprint density at radius 2 is 2.25 bits per heavy atom. The molecular weight excluding hydrogens is 264 g/mol. The molecule has 2 amide bonds. The highest BCUT2D eigenvalue weighted by Crippen LogP contribution is 2.23. The van der Waals surface area contributed by atoms with Crippen molar-refractivity contribution in [2.24, 2.45) is 0 Å². The number of fused-ring (bicyclic) bond motifs is 1. The first-order valence-electron chi connectivity index (χ1n) is 6.40. The van der Waals surface area contributed by atoms with Crippen LogP contribution in [0.25, 0.3) is 0 Å². The first-order chi connectivity index (χ1) is 9.56. The molecule has 1 fully saturated rings. The second-order valence-electron chi connectivity index (χ2n) is 5.01. The van der Waals surface area contributed by atoms with Crippen molar-refractivity contribution in [3.05, 3.63) is 17.7 Å². The quantitative estimate of drug-likeness (QED) is 0.643. The van der Waals surface area contributed by atoms with Crippen LogP contribution in [0.2, 0.25) is 0 Å². The number of rotatable bonds is 2. The molecule has 8 nitrogen and oxygen atoms in total. The molecule has 20 heavy (non-hydrogen) atoms. The molecule has 1 aromatic heterocycles. The average molecular weight is 278 g/mol. The number of aromatic nitrogens is 2. The summed E-state index contributed by atoms with van der Waals surface area (Å²) < 4.78 is 0. The molecule has 0 spiro atoms. The average Bonchev–Trinajstić information content (AvgIpc) is 3.04. The number of carboxylic acid groups (broad SMARTS) is 1. The maximum absolute atomic E-state index is 12.4. The van der Waals surface area contributed by atoms with E-state index in [1.807, 2.05) is 0 Å². The molecule has 2 aliphatic rings. The SMILES string of the molecule is O=C1CCC(C(=O)N2Cc3[nH]cnc3CC2C(=O)O)N1. The van der Waals surface area contributed by atoms with Crippen LogP contribution < -0.4 is 5.32 Å². The third-order valence-electron chi connectivity index (χ3n) is 3.76. The van der Waals surface area contributed by atoms with Crippen molar-refractivity contribution in [1.82, 2.24) is 20.2 Å². The Bertz CT molecular complexity index is 582. The second-order valence-corrected chi connectivity index (χ2v) is 5.01. The number of aromatic amines is 1. The van der Waals surface area contributed by atoms with E-state index in [9.17, 15) is 19.5 Å². The van der Waals surface area contributed by atoms with Gasteiger partial charge < -0.3 is 20.3 Å². The Labute approximate surface area is 114 Å². The summed E-state index contributed by atoms with van der Waals surface area (Å²) in [6.07, 6.45) is 2.39. The highest BCUT2D eigenvalue weighted by atomic mass is 16.4. The van der Waals surface area contributed by atoms with Crippen molar-refractivity contribution in [3.8, 4) is 0 Å². The number of nitrogens with one attached hydrogen (secondary N) is 2. The maximum atomic E-state index is 12.4. The van der Waals surface area contributed by atoms with Crippen LogP contribution in [0.15, 0.2) is 6.33 Å². The Kier molecular flexibility index (Phi) is 2.92. The van der Waals surface area contributed by atoms with Gasteiger partial charge in [-0.25, -0.2) is 9.78 Å². The zero-order valence-corrected chi connectivity index (χ0v) is 10.6. The Morgan fingerprint density at radius 3 is 2.90 bits per heavy atom. The Morgan fingerprint density at radius 1 is 1.45 bits per heavy atom. The maximum Gasteiger partial charge on any atom is 0.326 e. The summed E-state index contributed by atoms with van der Waals surface area (Å²) in [5, 5.41) is 11.9. The van der Waals surface area contributed by atoms with E-state index in [1.165, 1.54) is 11.2 Å². The summed E-state index contributed by atoms with van der Waals surface area (Å²) >= 11 is 0. The van der Waals surface area contributed by atoms with Gasteiger partial charge in [0.2, 0.25) is 11.8 Å². The van der Waals surface area contributed by atoms with E-state index in [2.05, 4.69) is 15.3 Å². The van der Waals surface area contributed by atoms with Crippen molar-refractivity contribution in [3.63, 3.8) is 0 Å². The highest BCUT2D eigenvalue weighted by molar-refractivity contribution is 5.93. The highest BCUT2D eigenvalue weighted by Gasteiger charge is 2.40. The number of carboxylic acids is 1. The lowest BCUT2D eigenvalue weighted by Gasteiger charge is -2.33. The minimum atomic E-state index is -1.06. The van der Waals surface area contributed by atoms with Gasteiger partial charge in [-0.1, -0.05) is 0 Å². The third-order valence-corrected chi connectivity index (χ3v) is 3.76. The van der Waals surface area contributed by atoms with Crippen molar-refractivity contribution in [2.45, 2.75) is 37.9 Å². The molecule has 2 aliphatic heterocycles. The lowest BCUT2D eigenvalue weighted by molar-refractivity contribution is -0.152. The van der Waals surface area contributed by atoms with Gasteiger partial charge in [0.1, 0.15) is 12.1 Å². The number of H-pyrrole nitrogens is 1. The van der Waals surface area contributed by atoms with Crippen molar-refractivity contribution >= 4 is 17.8 Å². The monoisotopic (exact) mass is 278 g/mol. The summed E-state index contributed by atoms with van der Waals surface area (Å²) in [5.74, 6) is -1.57. The number of nitrogens with zero attached hydrogens (tertiary/aromatic N) is 2. The first-order valence-corrected chi connectivity index (χ1v) is 6.40. The summed E-state index contributed by atoms with van der Waals surface area (Å²) in [7, 11) is 0. The third kappa shape index (κ3) is 2.02. The molecule has 0 aromatic carbocycles. The number of hydrogen-bond donors (Lipinski definition) is 3. The Balaban J connectivity index is 1.84. The van der Waals surface area contributed by atoms with Crippen LogP contribution in [0.1, 0.15) is 24.2 Å². The molecule has 1 saturated heterocycles. The van der Waals surface area contributed by atoms with Gasteiger partial charge in [-0.3, -0.25) is 9.59 Å². The Hall–Kier alpha value is -2.38. The summed E-state index contributed by atoms with van der Waals surface area (Å²) in [6.45, 7) is 0.178. The largest absolute Gasteiger partial charge is 0.480 e. The molecule has 0 saturated carbocycles. The zero-order valence-electron chi connectivity index (χ0n) is 10.6. The summed E-state index contributed by atoms with van der Waals surface area (Å²) in [4.78, 5) is 43.3. The van der Waals surface area contributed by atoms with Crippen LogP contribution in [0.5, 0.6) is 0 Å².